The predicted octanol–water partition coefficient (Wildman–Crippen LogP) is 5.47. The SMILES string of the molecule is C[C@H](CC1CCCCC1)C(=O)N1CCC(O)(Cn2cc(C(=O)N3CCN(C(=O)O)CC3)c(-c3ccccc3)cc2=O)C2(CCCCC2)C1. The molecule has 2 atom stereocenters. The van der Waals surface area contributed by atoms with Crippen LogP contribution in [0.5, 0.6) is 0 Å². The highest BCUT2D eigenvalue weighted by molar-refractivity contribution is 6.00. The van der Waals surface area contributed by atoms with Gasteiger partial charge in [0.15, 0.2) is 0 Å². The van der Waals surface area contributed by atoms with Crippen LogP contribution in [0.15, 0.2) is 47.4 Å². The summed E-state index contributed by atoms with van der Waals surface area (Å²) in [5.74, 6) is 0.498. The van der Waals surface area contributed by atoms with E-state index in [0.717, 1.165) is 44.1 Å². The van der Waals surface area contributed by atoms with Crippen molar-refractivity contribution in [3.63, 3.8) is 0 Å². The number of nitrogens with zero attached hydrogens (tertiary/aromatic N) is 4. The van der Waals surface area contributed by atoms with Crippen molar-refractivity contribution in [1.29, 1.82) is 0 Å². The Kier molecular flexibility index (Phi) is 10.3. The molecule has 10 nitrogen and oxygen atoms in total. The van der Waals surface area contributed by atoms with E-state index < -0.39 is 17.1 Å². The van der Waals surface area contributed by atoms with Crippen molar-refractivity contribution in [2.75, 3.05) is 39.3 Å². The molecule has 2 aliphatic carbocycles. The molecule has 3 amide bonds. The van der Waals surface area contributed by atoms with E-state index in [9.17, 15) is 29.4 Å². The Hall–Kier alpha value is -3.66. The van der Waals surface area contributed by atoms with E-state index in [1.165, 1.54) is 47.6 Å². The summed E-state index contributed by atoms with van der Waals surface area (Å²) in [6.45, 7) is 4.02. The second-order valence-electron chi connectivity index (χ2n) is 15.0. The molecule has 0 bridgehead atoms. The van der Waals surface area contributed by atoms with Crippen molar-refractivity contribution in [2.45, 2.75) is 96.1 Å². The molecule has 1 aromatic heterocycles. The van der Waals surface area contributed by atoms with Crippen LogP contribution in [0.2, 0.25) is 0 Å². The van der Waals surface area contributed by atoms with Gasteiger partial charge in [0.25, 0.3) is 11.5 Å². The van der Waals surface area contributed by atoms with E-state index in [4.69, 9.17) is 0 Å². The number of benzene rings is 1. The standard InChI is InChI=1S/C38H52N4O6/c1-28(23-29-11-5-2-6-12-29)34(44)41-18-17-38(48,37(26-41)15-9-4-10-16-37)27-42-25-32(31(24-33(42)43)30-13-7-3-8-14-30)35(45)39-19-21-40(22-20-39)36(46)47/h3,7-8,13-14,24-25,28-29,48H,2,4-6,9-12,15-23,26-27H2,1H3,(H,46,47)/t28-,38?/m1/s1. The normalized spacial score (nSPS) is 24.0. The first kappa shape index (κ1) is 34.2. The van der Waals surface area contributed by atoms with Crippen LogP contribution in [-0.2, 0) is 11.3 Å². The third kappa shape index (κ3) is 7.05. The zero-order valence-electron chi connectivity index (χ0n) is 28.4. The van der Waals surface area contributed by atoms with Gasteiger partial charge in [-0.2, -0.15) is 0 Å². The third-order valence-electron chi connectivity index (χ3n) is 11.9. The highest BCUT2D eigenvalue weighted by Crippen LogP contribution is 2.50. The number of aliphatic hydroxyl groups is 1. The lowest BCUT2D eigenvalue weighted by Gasteiger charge is -2.56. The number of aromatic nitrogens is 1. The molecule has 1 spiro atoms. The number of pyridine rings is 1. The van der Waals surface area contributed by atoms with E-state index in [1.54, 1.807) is 11.1 Å². The van der Waals surface area contributed by atoms with Crippen LogP contribution in [0.3, 0.4) is 0 Å². The number of piperidine rings is 1. The van der Waals surface area contributed by atoms with Gasteiger partial charge in [0, 0.05) is 68.4 Å². The van der Waals surface area contributed by atoms with Gasteiger partial charge in [-0.05, 0) is 37.2 Å². The van der Waals surface area contributed by atoms with Crippen molar-refractivity contribution in [2.24, 2.45) is 17.3 Å². The summed E-state index contributed by atoms with van der Waals surface area (Å²) < 4.78 is 1.51. The second-order valence-corrected chi connectivity index (χ2v) is 15.0. The van der Waals surface area contributed by atoms with Crippen molar-refractivity contribution < 1.29 is 24.6 Å². The summed E-state index contributed by atoms with van der Waals surface area (Å²) in [4.78, 5) is 58.1. The zero-order chi connectivity index (χ0) is 33.9. The first-order chi connectivity index (χ1) is 23.1. The summed E-state index contributed by atoms with van der Waals surface area (Å²) >= 11 is 0. The van der Waals surface area contributed by atoms with Gasteiger partial charge in [-0.1, -0.05) is 88.6 Å². The molecule has 260 valence electrons. The van der Waals surface area contributed by atoms with Crippen molar-refractivity contribution in [3.8, 4) is 11.1 Å². The lowest BCUT2D eigenvalue weighted by molar-refractivity contribution is -0.173. The highest BCUT2D eigenvalue weighted by atomic mass is 16.4. The Morgan fingerprint density at radius 3 is 2.17 bits per heavy atom. The van der Waals surface area contributed by atoms with Gasteiger partial charge in [-0.25, -0.2) is 4.79 Å². The summed E-state index contributed by atoms with van der Waals surface area (Å²) in [5.41, 5.74) is -0.420. The van der Waals surface area contributed by atoms with Gasteiger partial charge in [0.2, 0.25) is 5.91 Å². The summed E-state index contributed by atoms with van der Waals surface area (Å²) in [6, 6.07) is 10.8. The lowest BCUT2D eigenvalue weighted by atomic mass is 9.59. The van der Waals surface area contributed by atoms with Crippen LogP contribution in [0, 0.1) is 17.3 Å². The molecular formula is C38H52N4O6. The predicted molar refractivity (Wildman–Crippen MR) is 184 cm³/mol. The number of rotatable bonds is 7. The van der Waals surface area contributed by atoms with E-state index >= 15 is 0 Å². The summed E-state index contributed by atoms with van der Waals surface area (Å²) in [6.07, 6.45) is 12.7. The zero-order valence-corrected chi connectivity index (χ0v) is 28.4. The fraction of sp³-hybridized carbons (Fsp3) is 0.632. The van der Waals surface area contributed by atoms with Gasteiger partial charge in [-0.3, -0.25) is 14.4 Å². The van der Waals surface area contributed by atoms with Crippen LogP contribution >= 0.6 is 0 Å². The number of carbonyl (C=O) groups excluding carboxylic acids is 2. The molecule has 2 N–H and O–H groups in total. The first-order valence-corrected chi connectivity index (χ1v) is 18.2. The minimum absolute atomic E-state index is 0.0426. The molecule has 2 aromatic rings. The second kappa shape index (κ2) is 14.4. The smallest absolute Gasteiger partial charge is 0.407 e. The minimum Gasteiger partial charge on any atom is -0.465 e. The number of hydrogen-bond donors (Lipinski definition) is 2. The summed E-state index contributed by atoms with van der Waals surface area (Å²) in [5, 5.41) is 22.0. The van der Waals surface area contributed by atoms with E-state index in [-0.39, 0.29) is 56.0 Å². The van der Waals surface area contributed by atoms with E-state index in [0.29, 0.717) is 36.6 Å². The fourth-order valence-corrected chi connectivity index (χ4v) is 9.08. The first-order valence-electron chi connectivity index (χ1n) is 18.2. The molecule has 1 unspecified atom stereocenters. The average molecular weight is 661 g/mol. The largest absolute Gasteiger partial charge is 0.465 e. The lowest BCUT2D eigenvalue weighted by Crippen LogP contribution is -2.64. The molecule has 0 radical (unpaired) electrons. The molecular weight excluding hydrogens is 608 g/mol. The molecule has 2 saturated heterocycles. The highest BCUT2D eigenvalue weighted by Gasteiger charge is 2.55. The van der Waals surface area contributed by atoms with Gasteiger partial charge in [0.05, 0.1) is 17.7 Å². The number of amides is 3. The number of carbonyl (C=O) groups is 3. The topological polar surface area (TPSA) is 123 Å². The Morgan fingerprint density at radius 2 is 1.50 bits per heavy atom. The molecule has 4 fully saturated rings. The van der Waals surface area contributed by atoms with Gasteiger partial charge < -0.3 is 29.5 Å². The molecule has 6 rings (SSSR count). The van der Waals surface area contributed by atoms with Crippen molar-refractivity contribution in [1.82, 2.24) is 19.3 Å². The number of hydrogen-bond acceptors (Lipinski definition) is 5. The van der Waals surface area contributed by atoms with Crippen LogP contribution in [0.4, 0.5) is 4.79 Å². The van der Waals surface area contributed by atoms with E-state index in [1.807, 2.05) is 35.2 Å². The van der Waals surface area contributed by atoms with Crippen LogP contribution < -0.4 is 5.56 Å². The molecule has 3 heterocycles. The molecule has 10 heteroatoms. The Bertz CT molecular complexity index is 1520. The summed E-state index contributed by atoms with van der Waals surface area (Å²) in [7, 11) is 0. The average Bonchev–Trinajstić information content (AvgIpc) is 3.11. The van der Waals surface area contributed by atoms with Gasteiger partial charge >= 0.3 is 6.09 Å². The van der Waals surface area contributed by atoms with Gasteiger partial charge in [0.1, 0.15) is 0 Å². The maximum atomic E-state index is 14.1. The number of piperazine rings is 1. The fourth-order valence-electron chi connectivity index (χ4n) is 9.08. The molecule has 4 aliphatic rings. The molecule has 2 saturated carbocycles. The Morgan fingerprint density at radius 1 is 0.854 bits per heavy atom. The van der Waals surface area contributed by atoms with E-state index in [2.05, 4.69) is 6.92 Å². The Labute approximate surface area is 283 Å². The third-order valence-corrected chi connectivity index (χ3v) is 11.9. The van der Waals surface area contributed by atoms with Crippen LogP contribution in [0.1, 0.15) is 94.3 Å². The maximum absolute atomic E-state index is 14.1. The van der Waals surface area contributed by atoms with Crippen molar-refractivity contribution >= 4 is 17.9 Å². The Balaban J connectivity index is 1.27. The molecule has 1 aromatic carbocycles. The number of likely N-dealkylation sites (tertiary alicyclic amines) is 1. The van der Waals surface area contributed by atoms with Crippen LogP contribution in [-0.4, -0.2) is 92.3 Å². The van der Waals surface area contributed by atoms with Gasteiger partial charge in [-0.15, -0.1) is 0 Å². The monoisotopic (exact) mass is 660 g/mol. The van der Waals surface area contributed by atoms with Crippen molar-refractivity contribution in [3.05, 3.63) is 58.5 Å². The maximum Gasteiger partial charge on any atom is 0.407 e. The quantitative estimate of drug-likeness (QED) is 0.406. The molecule has 48 heavy (non-hydrogen) atoms. The molecule has 2 aliphatic heterocycles. The number of carboxylic acid groups (broad SMARTS) is 1. The van der Waals surface area contributed by atoms with Crippen LogP contribution in [0.25, 0.3) is 11.1 Å². The minimum atomic E-state index is -1.22.